The van der Waals surface area contributed by atoms with Crippen LogP contribution in [0.4, 0.5) is 10.7 Å². The van der Waals surface area contributed by atoms with Crippen molar-refractivity contribution < 1.29 is 19.1 Å². The molecule has 32 heavy (non-hydrogen) atoms. The van der Waals surface area contributed by atoms with Crippen molar-refractivity contribution in [3.63, 3.8) is 0 Å². The van der Waals surface area contributed by atoms with Gasteiger partial charge in [0.15, 0.2) is 0 Å². The Balaban J connectivity index is 1.35. The maximum absolute atomic E-state index is 12.8. The molecule has 2 aromatic rings. The summed E-state index contributed by atoms with van der Waals surface area (Å²) < 4.78 is 10.5. The van der Waals surface area contributed by atoms with E-state index in [1.165, 1.54) is 16.2 Å². The number of fused-ring (bicyclic) bond motifs is 1. The number of nitrogens with one attached hydrogen (secondary N) is 1. The molecule has 1 aromatic carbocycles. The van der Waals surface area contributed by atoms with Crippen molar-refractivity contribution in [3.05, 3.63) is 40.3 Å². The van der Waals surface area contributed by atoms with Crippen LogP contribution >= 0.6 is 11.3 Å². The Labute approximate surface area is 193 Å². The molecule has 0 bridgehead atoms. The number of amides is 1. The van der Waals surface area contributed by atoms with Crippen LogP contribution in [0.25, 0.3) is 0 Å². The van der Waals surface area contributed by atoms with E-state index in [2.05, 4.69) is 27.2 Å². The molecule has 8 heteroatoms. The Bertz CT molecular complexity index is 949. The summed E-state index contributed by atoms with van der Waals surface area (Å²) in [6.07, 6.45) is 4.04. The van der Waals surface area contributed by atoms with Crippen molar-refractivity contribution in [1.29, 1.82) is 0 Å². The van der Waals surface area contributed by atoms with Gasteiger partial charge in [0.05, 0.1) is 25.8 Å². The van der Waals surface area contributed by atoms with Gasteiger partial charge in [0.25, 0.3) is 0 Å². The highest BCUT2D eigenvalue weighted by Gasteiger charge is 2.28. The van der Waals surface area contributed by atoms with Gasteiger partial charge in [0, 0.05) is 36.7 Å². The predicted octanol–water partition coefficient (Wildman–Crippen LogP) is 3.57. The number of carbonyl (C=O) groups is 2. The first-order chi connectivity index (χ1) is 15.6. The molecule has 1 aliphatic carbocycles. The monoisotopic (exact) mass is 457 g/mol. The molecule has 1 aromatic heterocycles. The maximum atomic E-state index is 12.8. The summed E-state index contributed by atoms with van der Waals surface area (Å²) in [4.78, 5) is 31.1. The van der Waals surface area contributed by atoms with E-state index in [4.69, 9.17) is 9.47 Å². The standard InChI is InChI=1S/C24H31N3O4S/c1-3-31-24(29)22-19-6-4-5-7-20(19)32-23(22)25-21(28)16-26-12-14-27(15-13-26)17-8-10-18(30-2)11-9-17/h8-11H,3-7,12-16H2,1-2H3,(H,25,28). The summed E-state index contributed by atoms with van der Waals surface area (Å²) in [5, 5.41) is 3.67. The van der Waals surface area contributed by atoms with Crippen LogP contribution in [-0.4, -0.2) is 63.2 Å². The zero-order chi connectivity index (χ0) is 22.5. The first kappa shape index (κ1) is 22.6. The quantitative estimate of drug-likeness (QED) is 0.641. The summed E-state index contributed by atoms with van der Waals surface area (Å²) in [6, 6.07) is 8.07. The van der Waals surface area contributed by atoms with Crippen molar-refractivity contribution >= 4 is 33.9 Å². The number of ether oxygens (including phenoxy) is 2. The number of rotatable bonds is 7. The Morgan fingerprint density at radius 2 is 1.78 bits per heavy atom. The Kier molecular flexibility index (Phi) is 7.32. The lowest BCUT2D eigenvalue weighted by Gasteiger charge is -2.35. The van der Waals surface area contributed by atoms with Crippen molar-refractivity contribution in [2.45, 2.75) is 32.6 Å². The second kappa shape index (κ2) is 10.4. The molecular formula is C24H31N3O4S. The van der Waals surface area contributed by atoms with Crippen LogP contribution < -0.4 is 15.0 Å². The molecule has 1 saturated heterocycles. The summed E-state index contributed by atoms with van der Waals surface area (Å²) in [6.45, 7) is 5.80. The van der Waals surface area contributed by atoms with Gasteiger partial charge in [0.1, 0.15) is 10.8 Å². The molecule has 0 atom stereocenters. The minimum absolute atomic E-state index is 0.0768. The minimum atomic E-state index is -0.324. The molecule has 2 heterocycles. The number of thiophene rings is 1. The zero-order valence-electron chi connectivity index (χ0n) is 18.8. The summed E-state index contributed by atoms with van der Waals surface area (Å²) in [7, 11) is 1.67. The largest absolute Gasteiger partial charge is 0.497 e. The van der Waals surface area contributed by atoms with Crippen LogP contribution in [0.2, 0.25) is 0 Å². The average molecular weight is 458 g/mol. The highest BCUT2D eigenvalue weighted by Crippen LogP contribution is 2.38. The van der Waals surface area contributed by atoms with Crippen molar-refractivity contribution in [3.8, 4) is 5.75 Å². The summed E-state index contributed by atoms with van der Waals surface area (Å²) in [5.41, 5.74) is 2.81. The van der Waals surface area contributed by atoms with E-state index < -0.39 is 0 Å². The molecule has 7 nitrogen and oxygen atoms in total. The number of methoxy groups -OCH3 is 1. The van der Waals surface area contributed by atoms with Crippen LogP contribution in [0, 0.1) is 0 Å². The maximum Gasteiger partial charge on any atom is 0.341 e. The van der Waals surface area contributed by atoms with Crippen molar-refractivity contribution in [2.24, 2.45) is 0 Å². The first-order valence-electron chi connectivity index (χ1n) is 11.3. The molecule has 0 radical (unpaired) electrons. The molecule has 0 unspecified atom stereocenters. The van der Waals surface area contributed by atoms with Crippen LogP contribution in [0.15, 0.2) is 24.3 Å². The number of anilines is 2. The molecule has 2 aliphatic rings. The molecule has 172 valence electrons. The number of aryl methyl sites for hydroxylation is 1. The second-order valence-electron chi connectivity index (χ2n) is 8.14. The normalized spacial score (nSPS) is 16.4. The molecule has 4 rings (SSSR count). The molecule has 0 spiro atoms. The highest BCUT2D eigenvalue weighted by atomic mass is 32.1. The SMILES string of the molecule is CCOC(=O)c1c(NC(=O)CN2CCN(c3ccc(OC)cc3)CC2)sc2c1CCCC2. The molecule has 1 aliphatic heterocycles. The second-order valence-corrected chi connectivity index (χ2v) is 9.25. The van der Waals surface area contributed by atoms with Gasteiger partial charge >= 0.3 is 5.97 Å². The fourth-order valence-corrected chi connectivity index (χ4v) is 5.69. The smallest absolute Gasteiger partial charge is 0.341 e. The van der Waals surface area contributed by atoms with Crippen LogP contribution in [0.5, 0.6) is 5.75 Å². The third-order valence-electron chi connectivity index (χ3n) is 6.08. The number of esters is 1. The van der Waals surface area contributed by atoms with E-state index in [-0.39, 0.29) is 11.9 Å². The molecule has 1 N–H and O–H groups in total. The predicted molar refractivity (Wildman–Crippen MR) is 127 cm³/mol. The van der Waals surface area contributed by atoms with Gasteiger partial charge in [-0.05, 0) is 62.4 Å². The van der Waals surface area contributed by atoms with Gasteiger partial charge in [-0.3, -0.25) is 9.69 Å². The number of piperazine rings is 1. The number of hydrogen-bond acceptors (Lipinski definition) is 7. The fraction of sp³-hybridized carbons (Fsp3) is 0.500. The molecule has 0 saturated carbocycles. The van der Waals surface area contributed by atoms with E-state index in [0.29, 0.717) is 23.7 Å². The van der Waals surface area contributed by atoms with E-state index in [1.807, 2.05) is 12.1 Å². The lowest BCUT2D eigenvalue weighted by Crippen LogP contribution is -2.48. The van der Waals surface area contributed by atoms with E-state index in [0.717, 1.165) is 68.9 Å². The van der Waals surface area contributed by atoms with Gasteiger partial charge in [-0.1, -0.05) is 0 Å². The lowest BCUT2D eigenvalue weighted by atomic mass is 9.95. The zero-order valence-corrected chi connectivity index (χ0v) is 19.6. The Hall–Kier alpha value is -2.58. The Morgan fingerprint density at radius 3 is 2.47 bits per heavy atom. The Morgan fingerprint density at radius 1 is 1.06 bits per heavy atom. The van der Waals surface area contributed by atoms with Gasteiger partial charge < -0.3 is 19.7 Å². The minimum Gasteiger partial charge on any atom is -0.497 e. The fourth-order valence-electron chi connectivity index (χ4n) is 4.40. The van der Waals surface area contributed by atoms with E-state index in [9.17, 15) is 9.59 Å². The van der Waals surface area contributed by atoms with Gasteiger partial charge in [-0.25, -0.2) is 4.79 Å². The highest BCUT2D eigenvalue weighted by molar-refractivity contribution is 7.17. The summed E-state index contributed by atoms with van der Waals surface area (Å²) in [5.74, 6) is 0.448. The van der Waals surface area contributed by atoms with Crippen LogP contribution in [-0.2, 0) is 22.4 Å². The van der Waals surface area contributed by atoms with Crippen molar-refractivity contribution in [1.82, 2.24) is 4.90 Å². The van der Waals surface area contributed by atoms with Crippen LogP contribution in [0.1, 0.15) is 40.6 Å². The molecule has 1 fully saturated rings. The van der Waals surface area contributed by atoms with Gasteiger partial charge in [-0.15, -0.1) is 11.3 Å². The van der Waals surface area contributed by atoms with Gasteiger partial charge in [0.2, 0.25) is 5.91 Å². The number of benzene rings is 1. The third-order valence-corrected chi connectivity index (χ3v) is 7.29. The first-order valence-corrected chi connectivity index (χ1v) is 12.1. The number of nitrogens with zero attached hydrogens (tertiary/aromatic N) is 2. The topological polar surface area (TPSA) is 71.1 Å². The van der Waals surface area contributed by atoms with Gasteiger partial charge in [-0.2, -0.15) is 0 Å². The molecule has 1 amide bonds. The van der Waals surface area contributed by atoms with Crippen LogP contribution in [0.3, 0.4) is 0 Å². The summed E-state index contributed by atoms with van der Waals surface area (Å²) >= 11 is 1.54. The van der Waals surface area contributed by atoms with Crippen molar-refractivity contribution in [2.75, 3.05) is 56.7 Å². The lowest BCUT2D eigenvalue weighted by molar-refractivity contribution is -0.117. The average Bonchev–Trinajstić information content (AvgIpc) is 3.17. The van der Waals surface area contributed by atoms with E-state index in [1.54, 1.807) is 14.0 Å². The third kappa shape index (κ3) is 5.07. The number of hydrogen-bond donors (Lipinski definition) is 1. The number of carbonyl (C=O) groups excluding carboxylic acids is 2. The van der Waals surface area contributed by atoms with E-state index >= 15 is 0 Å². The molecular weight excluding hydrogens is 426 g/mol.